The second-order valence-electron chi connectivity index (χ2n) is 4.36. The van der Waals surface area contributed by atoms with E-state index in [1.54, 1.807) is 18.2 Å². The first-order valence-corrected chi connectivity index (χ1v) is 6.76. The van der Waals surface area contributed by atoms with E-state index in [2.05, 4.69) is 10.3 Å². The van der Waals surface area contributed by atoms with Crippen molar-refractivity contribution in [1.29, 1.82) is 0 Å². The van der Waals surface area contributed by atoms with Crippen molar-refractivity contribution in [3.05, 3.63) is 53.6 Å². The second-order valence-corrected chi connectivity index (χ2v) is 5.39. The summed E-state index contributed by atoms with van der Waals surface area (Å²) in [6.45, 7) is 0. The van der Waals surface area contributed by atoms with Gasteiger partial charge in [0.1, 0.15) is 11.6 Å². The largest absolute Gasteiger partial charge is 0.399 e. The molecule has 1 amide bonds. The number of thiazole rings is 1. The number of hydrogen-bond acceptors (Lipinski definition) is 4. The number of nitrogens with two attached hydrogens (primary N) is 1. The van der Waals surface area contributed by atoms with Crippen LogP contribution in [-0.4, -0.2) is 10.9 Å². The lowest BCUT2D eigenvalue weighted by Crippen LogP contribution is -2.12. The molecule has 0 fully saturated rings. The quantitative estimate of drug-likeness (QED) is 0.713. The molecule has 0 saturated heterocycles. The summed E-state index contributed by atoms with van der Waals surface area (Å²) in [5.74, 6) is -2.24. The third-order valence-electron chi connectivity index (χ3n) is 2.76. The molecule has 4 nitrogen and oxygen atoms in total. The van der Waals surface area contributed by atoms with Crippen LogP contribution in [0.4, 0.5) is 19.6 Å². The standard InChI is InChI=1S/C14H9F2N3OS/c15-8-3-7(4-9(16)5-8)13(20)19-14-18-11-2-1-10(17)6-12(11)21-14/h1-6H,17H2,(H,18,19,20). The Kier molecular flexibility index (Phi) is 3.26. The molecule has 0 aliphatic rings. The molecule has 0 radical (unpaired) electrons. The number of aromatic nitrogens is 1. The topological polar surface area (TPSA) is 68.0 Å². The van der Waals surface area contributed by atoms with Crippen LogP contribution < -0.4 is 11.1 Å². The molecule has 3 rings (SSSR count). The highest BCUT2D eigenvalue weighted by Gasteiger charge is 2.12. The first-order valence-electron chi connectivity index (χ1n) is 5.95. The summed E-state index contributed by atoms with van der Waals surface area (Å²) in [7, 11) is 0. The Hall–Kier alpha value is -2.54. The van der Waals surface area contributed by atoms with Crippen molar-refractivity contribution in [3.8, 4) is 0 Å². The molecule has 3 N–H and O–H groups in total. The number of benzene rings is 2. The summed E-state index contributed by atoms with van der Waals surface area (Å²) < 4.78 is 27.0. The number of carbonyl (C=O) groups excluding carboxylic acids is 1. The third-order valence-corrected chi connectivity index (χ3v) is 3.69. The van der Waals surface area contributed by atoms with Gasteiger partial charge in [-0.3, -0.25) is 10.1 Å². The van der Waals surface area contributed by atoms with Gasteiger partial charge in [0.25, 0.3) is 5.91 Å². The Labute approximate surface area is 122 Å². The Morgan fingerprint density at radius 1 is 1.14 bits per heavy atom. The van der Waals surface area contributed by atoms with E-state index < -0.39 is 17.5 Å². The van der Waals surface area contributed by atoms with Crippen LogP contribution >= 0.6 is 11.3 Å². The van der Waals surface area contributed by atoms with E-state index in [0.717, 1.165) is 16.8 Å². The van der Waals surface area contributed by atoms with Crippen molar-refractivity contribution in [2.75, 3.05) is 11.1 Å². The van der Waals surface area contributed by atoms with Crippen LogP contribution in [-0.2, 0) is 0 Å². The molecule has 0 aliphatic heterocycles. The highest BCUT2D eigenvalue weighted by molar-refractivity contribution is 7.22. The van der Waals surface area contributed by atoms with Crippen molar-refractivity contribution in [1.82, 2.24) is 4.98 Å². The highest BCUT2D eigenvalue weighted by atomic mass is 32.1. The van der Waals surface area contributed by atoms with Gasteiger partial charge in [0.05, 0.1) is 10.2 Å². The number of hydrogen-bond donors (Lipinski definition) is 2. The molecular formula is C14H9F2N3OS. The highest BCUT2D eigenvalue weighted by Crippen LogP contribution is 2.27. The number of carbonyl (C=O) groups is 1. The summed E-state index contributed by atoms with van der Waals surface area (Å²) in [5, 5.41) is 2.85. The van der Waals surface area contributed by atoms with Crippen molar-refractivity contribution in [2.45, 2.75) is 0 Å². The van der Waals surface area contributed by atoms with Gasteiger partial charge in [-0.25, -0.2) is 13.8 Å². The Bertz CT molecular complexity index is 827. The van der Waals surface area contributed by atoms with E-state index in [9.17, 15) is 13.6 Å². The van der Waals surface area contributed by atoms with E-state index in [4.69, 9.17) is 5.73 Å². The fourth-order valence-electron chi connectivity index (χ4n) is 1.85. The van der Waals surface area contributed by atoms with E-state index in [-0.39, 0.29) is 5.56 Å². The molecule has 0 unspecified atom stereocenters. The van der Waals surface area contributed by atoms with Gasteiger partial charge < -0.3 is 5.73 Å². The fourth-order valence-corrected chi connectivity index (χ4v) is 2.76. The fraction of sp³-hybridized carbons (Fsp3) is 0. The smallest absolute Gasteiger partial charge is 0.257 e. The molecule has 106 valence electrons. The van der Waals surface area contributed by atoms with E-state index in [0.29, 0.717) is 22.4 Å². The Morgan fingerprint density at radius 3 is 2.57 bits per heavy atom. The van der Waals surface area contributed by atoms with Gasteiger partial charge in [-0.15, -0.1) is 0 Å². The number of anilines is 2. The molecule has 0 saturated carbocycles. The van der Waals surface area contributed by atoms with Crippen molar-refractivity contribution >= 4 is 38.3 Å². The van der Waals surface area contributed by atoms with Gasteiger partial charge in [0.15, 0.2) is 5.13 Å². The number of rotatable bonds is 2. The molecule has 21 heavy (non-hydrogen) atoms. The van der Waals surface area contributed by atoms with Crippen LogP contribution in [0.3, 0.4) is 0 Å². The molecule has 2 aromatic carbocycles. The molecule has 0 aliphatic carbocycles. The number of amides is 1. The van der Waals surface area contributed by atoms with Gasteiger partial charge in [0, 0.05) is 17.3 Å². The van der Waals surface area contributed by atoms with Crippen LogP contribution in [0, 0.1) is 11.6 Å². The average molecular weight is 305 g/mol. The maximum Gasteiger partial charge on any atom is 0.257 e. The van der Waals surface area contributed by atoms with Crippen LogP contribution in [0.15, 0.2) is 36.4 Å². The zero-order chi connectivity index (χ0) is 15.0. The minimum Gasteiger partial charge on any atom is -0.399 e. The zero-order valence-electron chi connectivity index (χ0n) is 10.6. The third kappa shape index (κ3) is 2.82. The molecule has 3 aromatic rings. The van der Waals surface area contributed by atoms with Gasteiger partial charge >= 0.3 is 0 Å². The second kappa shape index (κ2) is 5.10. The SMILES string of the molecule is Nc1ccc2nc(NC(=O)c3cc(F)cc(F)c3)sc2c1. The van der Waals surface area contributed by atoms with Crippen molar-refractivity contribution in [2.24, 2.45) is 0 Å². The predicted molar refractivity (Wildman–Crippen MR) is 78.3 cm³/mol. The molecular weight excluding hydrogens is 296 g/mol. The number of fused-ring (bicyclic) bond motifs is 1. The first-order chi connectivity index (χ1) is 10.0. The van der Waals surface area contributed by atoms with E-state index in [1.807, 2.05) is 0 Å². The Morgan fingerprint density at radius 2 is 1.86 bits per heavy atom. The predicted octanol–water partition coefficient (Wildman–Crippen LogP) is 3.41. The van der Waals surface area contributed by atoms with E-state index >= 15 is 0 Å². The summed E-state index contributed by atoms with van der Waals surface area (Å²) in [4.78, 5) is 16.2. The minimum absolute atomic E-state index is 0.105. The first kappa shape index (κ1) is 13.4. The average Bonchev–Trinajstić information content (AvgIpc) is 2.78. The summed E-state index contributed by atoms with van der Waals surface area (Å²) in [6.07, 6.45) is 0. The maximum absolute atomic E-state index is 13.1. The molecule has 1 aromatic heterocycles. The molecule has 0 bridgehead atoms. The van der Waals surface area contributed by atoms with Crippen LogP contribution in [0.5, 0.6) is 0 Å². The number of nitrogens with one attached hydrogen (secondary N) is 1. The normalized spacial score (nSPS) is 10.8. The molecule has 0 spiro atoms. The van der Waals surface area contributed by atoms with Gasteiger partial charge in [-0.1, -0.05) is 11.3 Å². The monoisotopic (exact) mass is 305 g/mol. The number of halogens is 2. The summed E-state index contributed by atoms with van der Waals surface area (Å²) >= 11 is 1.23. The molecule has 0 atom stereocenters. The zero-order valence-corrected chi connectivity index (χ0v) is 11.4. The van der Waals surface area contributed by atoms with Gasteiger partial charge in [-0.05, 0) is 30.3 Å². The van der Waals surface area contributed by atoms with E-state index in [1.165, 1.54) is 11.3 Å². The van der Waals surface area contributed by atoms with Crippen molar-refractivity contribution < 1.29 is 13.6 Å². The van der Waals surface area contributed by atoms with Crippen LogP contribution in [0.1, 0.15) is 10.4 Å². The lowest BCUT2D eigenvalue weighted by Gasteiger charge is -2.01. The maximum atomic E-state index is 13.1. The summed E-state index contributed by atoms with van der Waals surface area (Å²) in [6, 6.07) is 7.81. The van der Waals surface area contributed by atoms with Gasteiger partial charge in [0.2, 0.25) is 0 Å². The minimum atomic E-state index is -0.808. The molecule has 7 heteroatoms. The Balaban J connectivity index is 1.88. The van der Waals surface area contributed by atoms with Crippen LogP contribution in [0.25, 0.3) is 10.2 Å². The van der Waals surface area contributed by atoms with Crippen molar-refractivity contribution in [3.63, 3.8) is 0 Å². The molecule has 1 heterocycles. The lowest BCUT2D eigenvalue weighted by atomic mass is 10.2. The van der Waals surface area contributed by atoms with Gasteiger partial charge in [-0.2, -0.15) is 0 Å². The van der Waals surface area contributed by atoms with Crippen LogP contribution in [0.2, 0.25) is 0 Å². The summed E-state index contributed by atoms with van der Waals surface area (Å²) in [5.41, 5.74) is 6.85. The number of nitrogens with zero attached hydrogens (tertiary/aromatic N) is 1. The lowest BCUT2D eigenvalue weighted by molar-refractivity contribution is 0.102. The number of nitrogen functional groups attached to an aromatic ring is 1.